The second kappa shape index (κ2) is 6.26. The topological polar surface area (TPSA) is 64.3 Å². The van der Waals surface area contributed by atoms with E-state index < -0.39 is 5.82 Å². The van der Waals surface area contributed by atoms with E-state index in [1.165, 1.54) is 18.2 Å². The van der Waals surface area contributed by atoms with Crippen molar-refractivity contribution in [3.05, 3.63) is 59.4 Å². The molecule has 0 aliphatic heterocycles. The number of hydrogen-bond donors (Lipinski definition) is 2. The van der Waals surface area contributed by atoms with Crippen molar-refractivity contribution in [1.82, 2.24) is 5.32 Å². The minimum Gasteiger partial charge on any atom is -0.496 e. The number of rotatable bonds is 4. The second-order valence-corrected chi connectivity index (χ2v) is 4.67. The molecule has 2 aromatic carbocycles. The molecule has 5 heteroatoms. The largest absolute Gasteiger partial charge is 0.496 e. The van der Waals surface area contributed by atoms with Gasteiger partial charge in [0.15, 0.2) is 0 Å². The summed E-state index contributed by atoms with van der Waals surface area (Å²) in [5.74, 6) is -0.159. The van der Waals surface area contributed by atoms with Gasteiger partial charge in [0.25, 0.3) is 5.91 Å². The molecule has 0 spiro atoms. The Balaban J connectivity index is 2.16. The maximum Gasteiger partial charge on any atom is 0.251 e. The van der Waals surface area contributed by atoms with E-state index in [0.29, 0.717) is 11.3 Å². The van der Waals surface area contributed by atoms with E-state index in [0.717, 1.165) is 5.56 Å². The molecule has 0 saturated heterocycles. The zero-order chi connectivity index (χ0) is 15.4. The Labute approximate surface area is 122 Å². The van der Waals surface area contributed by atoms with Gasteiger partial charge < -0.3 is 15.8 Å². The molecule has 0 heterocycles. The Kier molecular flexibility index (Phi) is 4.42. The van der Waals surface area contributed by atoms with Crippen LogP contribution >= 0.6 is 0 Å². The fourth-order valence-corrected chi connectivity index (χ4v) is 2.07. The van der Waals surface area contributed by atoms with Crippen LogP contribution in [0.4, 0.5) is 10.1 Å². The SMILES string of the molecule is COc1ccccc1C(C)NC(=O)c1ccc(F)c(N)c1. The summed E-state index contributed by atoms with van der Waals surface area (Å²) in [7, 11) is 1.58. The summed E-state index contributed by atoms with van der Waals surface area (Å²) in [5, 5.41) is 2.84. The summed E-state index contributed by atoms with van der Waals surface area (Å²) in [4.78, 5) is 12.2. The van der Waals surface area contributed by atoms with Crippen molar-refractivity contribution in [2.45, 2.75) is 13.0 Å². The van der Waals surface area contributed by atoms with Gasteiger partial charge in [-0.05, 0) is 31.2 Å². The number of ether oxygens (including phenoxy) is 1. The summed E-state index contributed by atoms with van der Waals surface area (Å²) < 4.78 is 18.4. The smallest absolute Gasteiger partial charge is 0.251 e. The minimum absolute atomic E-state index is 0.0485. The van der Waals surface area contributed by atoms with Crippen molar-refractivity contribution in [2.24, 2.45) is 0 Å². The lowest BCUT2D eigenvalue weighted by molar-refractivity contribution is 0.0939. The van der Waals surface area contributed by atoms with Crippen LogP contribution in [0.2, 0.25) is 0 Å². The number of anilines is 1. The average molecular weight is 288 g/mol. The normalized spacial score (nSPS) is 11.8. The van der Waals surface area contributed by atoms with Crippen LogP contribution in [-0.2, 0) is 0 Å². The molecule has 3 N–H and O–H groups in total. The first-order valence-corrected chi connectivity index (χ1v) is 6.51. The fourth-order valence-electron chi connectivity index (χ4n) is 2.07. The maximum absolute atomic E-state index is 13.1. The molecule has 1 unspecified atom stereocenters. The molecule has 2 rings (SSSR count). The Morgan fingerprint density at radius 3 is 2.67 bits per heavy atom. The van der Waals surface area contributed by atoms with Crippen LogP contribution < -0.4 is 15.8 Å². The van der Waals surface area contributed by atoms with Crippen molar-refractivity contribution in [1.29, 1.82) is 0 Å². The van der Waals surface area contributed by atoms with Gasteiger partial charge in [-0.3, -0.25) is 4.79 Å². The molecule has 0 aliphatic carbocycles. The molecule has 0 aliphatic rings. The van der Waals surface area contributed by atoms with Crippen molar-refractivity contribution in [3.8, 4) is 5.75 Å². The fraction of sp³-hybridized carbons (Fsp3) is 0.188. The summed E-state index contributed by atoms with van der Waals surface area (Å²) in [5.41, 5.74) is 6.60. The molecule has 1 atom stereocenters. The molecular formula is C16H17FN2O2. The first-order valence-electron chi connectivity index (χ1n) is 6.51. The van der Waals surface area contributed by atoms with Crippen LogP contribution in [0.15, 0.2) is 42.5 Å². The first-order chi connectivity index (χ1) is 10.0. The number of para-hydroxylation sites is 1. The second-order valence-electron chi connectivity index (χ2n) is 4.67. The number of nitrogens with two attached hydrogens (primary N) is 1. The zero-order valence-electron chi connectivity index (χ0n) is 11.9. The van der Waals surface area contributed by atoms with Gasteiger partial charge in [0.1, 0.15) is 11.6 Å². The highest BCUT2D eigenvalue weighted by atomic mass is 19.1. The molecule has 0 aromatic heterocycles. The number of carbonyl (C=O) groups is 1. The number of amides is 1. The third kappa shape index (κ3) is 3.31. The Bertz CT molecular complexity index is 658. The molecule has 4 nitrogen and oxygen atoms in total. The summed E-state index contributed by atoms with van der Waals surface area (Å²) in [6.45, 7) is 1.85. The van der Waals surface area contributed by atoms with Gasteiger partial charge in [0, 0.05) is 11.1 Å². The quantitative estimate of drug-likeness (QED) is 0.850. The number of hydrogen-bond acceptors (Lipinski definition) is 3. The number of nitrogens with one attached hydrogen (secondary N) is 1. The lowest BCUT2D eigenvalue weighted by Gasteiger charge is -2.17. The van der Waals surface area contributed by atoms with Crippen LogP contribution in [0, 0.1) is 5.82 Å². The monoisotopic (exact) mass is 288 g/mol. The lowest BCUT2D eigenvalue weighted by Crippen LogP contribution is -2.27. The van der Waals surface area contributed by atoms with E-state index in [9.17, 15) is 9.18 Å². The van der Waals surface area contributed by atoms with E-state index in [1.807, 2.05) is 31.2 Å². The van der Waals surface area contributed by atoms with Crippen molar-refractivity contribution in [3.63, 3.8) is 0 Å². The van der Waals surface area contributed by atoms with Crippen molar-refractivity contribution >= 4 is 11.6 Å². The third-order valence-corrected chi connectivity index (χ3v) is 3.21. The predicted octanol–water partition coefficient (Wildman–Crippen LogP) is 2.91. The molecule has 110 valence electrons. The van der Waals surface area contributed by atoms with Gasteiger partial charge in [-0.25, -0.2) is 4.39 Å². The zero-order valence-corrected chi connectivity index (χ0v) is 11.9. The molecule has 0 radical (unpaired) electrons. The van der Waals surface area contributed by atoms with E-state index in [1.54, 1.807) is 7.11 Å². The van der Waals surface area contributed by atoms with Crippen LogP contribution in [0.1, 0.15) is 28.9 Å². The number of carbonyl (C=O) groups excluding carboxylic acids is 1. The highest BCUT2D eigenvalue weighted by Crippen LogP contribution is 2.24. The number of nitrogen functional groups attached to an aromatic ring is 1. The molecule has 0 bridgehead atoms. The van der Waals surface area contributed by atoms with Gasteiger partial charge >= 0.3 is 0 Å². The molecule has 0 saturated carbocycles. The number of halogens is 1. The Hall–Kier alpha value is -2.56. The predicted molar refractivity (Wildman–Crippen MR) is 79.7 cm³/mol. The average Bonchev–Trinajstić information content (AvgIpc) is 2.49. The maximum atomic E-state index is 13.1. The van der Waals surface area contributed by atoms with E-state index in [2.05, 4.69) is 5.32 Å². The lowest BCUT2D eigenvalue weighted by atomic mass is 10.1. The van der Waals surface area contributed by atoms with Gasteiger partial charge in [0.2, 0.25) is 0 Å². The van der Waals surface area contributed by atoms with E-state index in [-0.39, 0.29) is 17.6 Å². The molecule has 21 heavy (non-hydrogen) atoms. The third-order valence-electron chi connectivity index (χ3n) is 3.21. The standard InChI is InChI=1S/C16H17FN2O2/c1-10(12-5-3-4-6-15(12)21-2)19-16(20)11-7-8-13(17)14(18)9-11/h3-10H,18H2,1-2H3,(H,19,20). The number of benzene rings is 2. The van der Waals surface area contributed by atoms with Crippen LogP contribution in [-0.4, -0.2) is 13.0 Å². The molecule has 2 aromatic rings. The van der Waals surface area contributed by atoms with E-state index >= 15 is 0 Å². The van der Waals surface area contributed by atoms with Crippen molar-refractivity contribution in [2.75, 3.05) is 12.8 Å². The van der Waals surface area contributed by atoms with Crippen LogP contribution in [0.5, 0.6) is 5.75 Å². The summed E-state index contributed by atoms with van der Waals surface area (Å²) in [6.07, 6.45) is 0. The first kappa shape index (κ1) is 14.8. The van der Waals surface area contributed by atoms with Crippen molar-refractivity contribution < 1.29 is 13.9 Å². The van der Waals surface area contributed by atoms with E-state index in [4.69, 9.17) is 10.5 Å². The molecule has 0 fully saturated rings. The summed E-state index contributed by atoms with van der Waals surface area (Å²) in [6, 6.07) is 11.1. The van der Waals surface area contributed by atoms with Gasteiger partial charge in [-0.1, -0.05) is 18.2 Å². The molecule has 1 amide bonds. The minimum atomic E-state index is -0.538. The summed E-state index contributed by atoms with van der Waals surface area (Å²) >= 11 is 0. The van der Waals surface area contributed by atoms with Gasteiger partial charge in [-0.15, -0.1) is 0 Å². The Morgan fingerprint density at radius 1 is 1.29 bits per heavy atom. The Morgan fingerprint density at radius 2 is 2.00 bits per heavy atom. The van der Waals surface area contributed by atoms with Crippen LogP contribution in [0.3, 0.4) is 0 Å². The highest BCUT2D eigenvalue weighted by molar-refractivity contribution is 5.95. The van der Waals surface area contributed by atoms with Crippen LogP contribution in [0.25, 0.3) is 0 Å². The molecular weight excluding hydrogens is 271 g/mol. The number of methoxy groups -OCH3 is 1. The highest BCUT2D eigenvalue weighted by Gasteiger charge is 2.15. The van der Waals surface area contributed by atoms with Gasteiger partial charge in [0.05, 0.1) is 18.8 Å². The van der Waals surface area contributed by atoms with Gasteiger partial charge in [-0.2, -0.15) is 0 Å².